The van der Waals surface area contributed by atoms with Crippen LogP contribution in [0, 0.1) is 11.3 Å². The topological polar surface area (TPSA) is 62.7 Å². The number of pyridine rings is 1. The second kappa shape index (κ2) is 3.66. The Labute approximate surface area is 81.3 Å². The molecule has 1 aromatic heterocycles. The van der Waals surface area contributed by atoms with Gasteiger partial charge in [-0.05, 0) is 15.9 Å². The van der Waals surface area contributed by atoms with Crippen LogP contribution >= 0.6 is 15.9 Å². The van der Waals surface area contributed by atoms with Crippen LogP contribution in [0.5, 0.6) is 0 Å². The number of hydrogen-bond acceptors (Lipinski definition) is 3. The summed E-state index contributed by atoms with van der Waals surface area (Å²) in [5, 5.41) is 8.56. The van der Waals surface area contributed by atoms with E-state index in [0.717, 1.165) is 6.20 Å². The second-order valence-electron chi connectivity index (χ2n) is 2.21. The molecule has 2 N–H and O–H groups in total. The zero-order chi connectivity index (χ0) is 10.0. The molecule has 13 heavy (non-hydrogen) atoms. The summed E-state index contributed by atoms with van der Waals surface area (Å²) < 4.78 is 24.8. The third kappa shape index (κ3) is 1.75. The van der Waals surface area contributed by atoms with E-state index in [4.69, 9.17) is 11.0 Å². The lowest BCUT2D eigenvalue weighted by molar-refractivity contribution is 0.151. The third-order valence-electron chi connectivity index (χ3n) is 1.43. The number of aromatic nitrogens is 1. The van der Waals surface area contributed by atoms with Crippen molar-refractivity contribution in [2.24, 2.45) is 0 Å². The first kappa shape index (κ1) is 9.86. The Morgan fingerprint density at radius 3 is 2.62 bits per heavy atom. The lowest BCUT2D eigenvalue weighted by atomic mass is 10.1. The van der Waals surface area contributed by atoms with Gasteiger partial charge in [-0.3, -0.25) is 0 Å². The average molecular weight is 248 g/mol. The van der Waals surface area contributed by atoms with Gasteiger partial charge in [-0.25, -0.2) is 13.8 Å². The summed E-state index contributed by atoms with van der Waals surface area (Å²) in [5.41, 5.74) is 4.40. The van der Waals surface area contributed by atoms with Gasteiger partial charge in [0.05, 0.1) is 23.0 Å². The predicted molar refractivity (Wildman–Crippen MR) is 46.0 cm³/mol. The van der Waals surface area contributed by atoms with Crippen molar-refractivity contribution in [2.45, 2.75) is 6.43 Å². The van der Waals surface area contributed by atoms with Gasteiger partial charge >= 0.3 is 0 Å². The first-order chi connectivity index (χ1) is 6.07. The lowest BCUT2D eigenvalue weighted by Gasteiger charge is -2.06. The molecule has 0 bridgehead atoms. The highest BCUT2D eigenvalue weighted by molar-refractivity contribution is 9.10. The van der Waals surface area contributed by atoms with E-state index in [2.05, 4.69) is 20.9 Å². The number of nitriles is 1. The normalized spacial score (nSPS) is 10.1. The van der Waals surface area contributed by atoms with Gasteiger partial charge in [0, 0.05) is 0 Å². The molecule has 1 heterocycles. The van der Waals surface area contributed by atoms with Crippen molar-refractivity contribution < 1.29 is 8.78 Å². The van der Waals surface area contributed by atoms with Gasteiger partial charge in [-0.15, -0.1) is 0 Å². The van der Waals surface area contributed by atoms with Crippen LogP contribution in [0.2, 0.25) is 0 Å². The Hall–Kier alpha value is -1.22. The summed E-state index contributed by atoms with van der Waals surface area (Å²) >= 11 is 2.89. The lowest BCUT2D eigenvalue weighted by Crippen LogP contribution is -2.01. The summed E-state index contributed by atoms with van der Waals surface area (Å²) in [5.74, 6) is 0. The third-order valence-corrected chi connectivity index (χ3v) is 2.03. The van der Waals surface area contributed by atoms with Crippen molar-refractivity contribution >= 4 is 21.6 Å². The van der Waals surface area contributed by atoms with Crippen LogP contribution in [0.1, 0.15) is 17.6 Å². The molecule has 1 rings (SSSR count). The number of nitrogens with two attached hydrogens (primary N) is 1. The highest BCUT2D eigenvalue weighted by atomic mass is 79.9. The summed E-state index contributed by atoms with van der Waals surface area (Å²) in [6.45, 7) is 0. The number of nitrogen functional groups attached to an aromatic ring is 1. The van der Waals surface area contributed by atoms with Crippen LogP contribution in [-0.2, 0) is 0 Å². The number of anilines is 1. The summed E-state index contributed by atoms with van der Waals surface area (Å²) in [6, 6.07) is 1.62. The van der Waals surface area contributed by atoms with Gasteiger partial charge in [-0.1, -0.05) is 0 Å². The van der Waals surface area contributed by atoms with E-state index in [1.807, 2.05) is 0 Å². The fourth-order valence-corrected chi connectivity index (χ4v) is 1.26. The first-order valence-corrected chi connectivity index (χ1v) is 3.99. The fourth-order valence-electron chi connectivity index (χ4n) is 0.857. The van der Waals surface area contributed by atoms with Gasteiger partial charge in [0.1, 0.15) is 10.7 Å². The molecule has 0 aliphatic carbocycles. The number of halogens is 3. The standard InChI is InChI=1S/C7H4BrF2N3/c8-6-3(1-11)5(7(9)10)4(12)2-13-6/h2,7H,12H2. The van der Waals surface area contributed by atoms with Gasteiger partial charge in [0.15, 0.2) is 0 Å². The number of hydrogen-bond donors (Lipinski definition) is 1. The van der Waals surface area contributed by atoms with Gasteiger partial charge in [0.2, 0.25) is 0 Å². The second-order valence-corrected chi connectivity index (χ2v) is 2.96. The monoisotopic (exact) mass is 247 g/mol. The molecule has 6 heteroatoms. The molecule has 0 unspecified atom stereocenters. The largest absolute Gasteiger partial charge is 0.397 e. The number of rotatable bonds is 1. The Kier molecular flexibility index (Phi) is 2.78. The zero-order valence-electron chi connectivity index (χ0n) is 6.26. The van der Waals surface area contributed by atoms with Crippen molar-refractivity contribution in [3.63, 3.8) is 0 Å². The van der Waals surface area contributed by atoms with Gasteiger partial charge in [0.25, 0.3) is 6.43 Å². The molecule has 0 saturated carbocycles. The minimum atomic E-state index is -2.77. The van der Waals surface area contributed by atoms with E-state index in [0.29, 0.717) is 0 Å². The summed E-state index contributed by atoms with van der Waals surface area (Å²) in [6.07, 6.45) is -1.68. The van der Waals surface area contributed by atoms with Crippen LogP contribution in [0.25, 0.3) is 0 Å². The van der Waals surface area contributed by atoms with Crippen LogP contribution in [0.4, 0.5) is 14.5 Å². The molecule has 0 aliphatic heterocycles. The van der Waals surface area contributed by atoms with Crippen LogP contribution < -0.4 is 5.73 Å². The molecule has 0 atom stereocenters. The molecule has 0 radical (unpaired) electrons. The number of nitrogens with zero attached hydrogens (tertiary/aromatic N) is 2. The van der Waals surface area contributed by atoms with Gasteiger partial charge < -0.3 is 5.73 Å². The minimum absolute atomic E-state index is 0.0829. The molecule has 0 amide bonds. The van der Waals surface area contributed by atoms with Crippen molar-refractivity contribution in [3.05, 3.63) is 21.9 Å². The van der Waals surface area contributed by atoms with E-state index >= 15 is 0 Å². The maximum atomic E-state index is 12.4. The highest BCUT2D eigenvalue weighted by Gasteiger charge is 2.19. The van der Waals surface area contributed by atoms with Crippen molar-refractivity contribution in [3.8, 4) is 6.07 Å². The van der Waals surface area contributed by atoms with Crippen molar-refractivity contribution in [2.75, 3.05) is 5.73 Å². The molecular formula is C7H4BrF2N3. The highest BCUT2D eigenvalue weighted by Crippen LogP contribution is 2.30. The molecule has 1 aromatic rings. The molecule has 0 spiro atoms. The van der Waals surface area contributed by atoms with E-state index in [9.17, 15) is 8.78 Å². The number of alkyl halides is 2. The molecule has 3 nitrogen and oxygen atoms in total. The molecule has 0 aromatic carbocycles. The summed E-state index contributed by atoms with van der Waals surface area (Å²) in [7, 11) is 0. The molecular weight excluding hydrogens is 244 g/mol. The molecule has 0 fully saturated rings. The quantitative estimate of drug-likeness (QED) is 0.775. The van der Waals surface area contributed by atoms with Crippen LogP contribution in [-0.4, -0.2) is 4.98 Å². The predicted octanol–water partition coefficient (Wildman–Crippen LogP) is 2.24. The van der Waals surface area contributed by atoms with E-state index in [1.54, 1.807) is 6.07 Å². The molecule has 0 aliphatic rings. The van der Waals surface area contributed by atoms with E-state index in [1.165, 1.54) is 0 Å². The minimum Gasteiger partial charge on any atom is -0.397 e. The fraction of sp³-hybridized carbons (Fsp3) is 0.143. The Balaban J connectivity index is 3.46. The zero-order valence-corrected chi connectivity index (χ0v) is 7.85. The van der Waals surface area contributed by atoms with Crippen LogP contribution in [0.3, 0.4) is 0 Å². The smallest absolute Gasteiger partial charge is 0.267 e. The molecule has 0 saturated heterocycles. The maximum Gasteiger partial charge on any atom is 0.267 e. The SMILES string of the molecule is N#Cc1c(Br)ncc(N)c1C(F)F. The van der Waals surface area contributed by atoms with E-state index in [-0.39, 0.29) is 15.9 Å². The van der Waals surface area contributed by atoms with Crippen molar-refractivity contribution in [1.29, 1.82) is 5.26 Å². The Morgan fingerprint density at radius 1 is 1.62 bits per heavy atom. The summed E-state index contributed by atoms with van der Waals surface area (Å²) in [4.78, 5) is 3.63. The van der Waals surface area contributed by atoms with Crippen LogP contribution in [0.15, 0.2) is 10.8 Å². The van der Waals surface area contributed by atoms with Gasteiger partial charge in [-0.2, -0.15) is 5.26 Å². The first-order valence-electron chi connectivity index (χ1n) is 3.20. The van der Waals surface area contributed by atoms with E-state index < -0.39 is 12.0 Å². The Bertz CT molecular complexity index is 373. The average Bonchev–Trinajstić information content (AvgIpc) is 2.07. The molecule has 68 valence electrons. The maximum absolute atomic E-state index is 12.4. The van der Waals surface area contributed by atoms with Crippen molar-refractivity contribution in [1.82, 2.24) is 4.98 Å². The Morgan fingerprint density at radius 2 is 2.23 bits per heavy atom.